The number of nitrogens with zero attached hydrogens (tertiary/aromatic N) is 1. The third-order valence-corrected chi connectivity index (χ3v) is 4.23. The number of hydrogen-bond donors (Lipinski definition) is 1. The van der Waals surface area contributed by atoms with Gasteiger partial charge in [-0.1, -0.05) is 34.1 Å². The Balaban J connectivity index is 1.77. The second-order valence-corrected chi connectivity index (χ2v) is 6.68. The number of rotatable bonds is 5. The van der Waals surface area contributed by atoms with Crippen molar-refractivity contribution in [2.24, 2.45) is 0 Å². The van der Waals surface area contributed by atoms with Crippen LogP contribution in [0.3, 0.4) is 0 Å². The molecule has 0 saturated heterocycles. The fourth-order valence-electron chi connectivity index (χ4n) is 2.52. The summed E-state index contributed by atoms with van der Waals surface area (Å²) in [6.07, 6.45) is 4.75. The van der Waals surface area contributed by atoms with Gasteiger partial charge in [-0.3, -0.25) is 4.98 Å². The third kappa shape index (κ3) is 4.09. The molecule has 0 unspecified atom stereocenters. The molecule has 1 aromatic heterocycles. The van der Waals surface area contributed by atoms with Gasteiger partial charge in [0.1, 0.15) is 5.75 Å². The van der Waals surface area contributed by atoms with Crippen molar-refractivity contribution < 1.29 is 9.84 Å². The van der Waals surface area contributed by atoms with Gasteiger partial charge in [-0.25, -0.2) is 0 Å². The summed E-state index contributed by atoms with van der Waals surface area (Å²) >= 11 is 3.47. The Bertz CT molecular complexity index is 803. The number of pyridine rings is 1. The van der Waals surface area contributed by atoms with Gasteiger partial charge < -0.3 is 9.84 Å². The average molecular weight is 372 g/mol. The molecular formula is C19H18BrNO2. The van der Waals surface area contributed by atoms with Gasteiger partial charge in [-0.2, -0.15) is 0 Å². The Morgan fingerprint density at radius 3 is 2.83 bits per heavy atom. The molecule has 0 aliphatic carbocycles. The zero-order valence-electron chi connectivity index (χ0n) is 12.9. The number of hydrogen-bond acceptors (Lipinski definition) is 3. The highest BCUT2D eigenvalue weighted by Gasteiger charge is 2.23. The van der Waals surface area contributed by atoms with Crippen LogP contribution in [0.4, 0.5) is 0 Å². The summed E-state index contributed by atoms with van der Waals surface area (Å²) in [5.41, 5.74) is 1.08. The lowest BCUT2D eigenvalue weighted by Crippen LogP contribution is -2.32. The number of aliphatic hydroxyl groups is 1. The van der Waals surface area contributed by atoms with E-state index < -0.39 is 5.79 Å². The standard InChI is InChI=1S/C19H18BrNO2/c1-19(22,10-9-14-4-3-11-21-13-14)23-18-6-2-5-15-12-16(20)7-8-17(15)18/h2-8,11-13,22H,9-10H2,1H3/t19-/m0/s1. The van der Waals surface area contributed by atoms with Gasteiger partial charge in [0.2, 0.25) is 5.79 Å². The zero-order chi connectivity index (χ0) is 16.3. The number of halogens is 1. The fraction of sp³-hybridized carbons (Fsp3) is 0.211. The lowest BCUT2D eigenvalue weighted by Gasteiger charge is -2.25. The molecule has 3 aromatic rings. The van der Waals surface area contributed by atoms with Gasteiger partial charge in [0.05, 0.1) is 0 Å². The van der Waals surface area contributed by atoms with Gasteiger partial charge in [0, 0.05) is 35.6 Å². The monoisotopic (exact) mass is 371 g/mol. The minimum Gasteiger partial charge on any atom is -0.462 e. The molecule has 4 heteroatoms. The summed E-state index contributed by atoms with van der Waals surface area (Å²) in [7, 11) is 0. The van der Waals surface area contributed by atoms with Crippen molar-refractivity contribution in [3.05, 3.63) is 71.0 Å². The first-order chi connectivity index (χ1) is 11.0. The SMILES string of the molecule is C[C@@](O)(CCc1cccnc1)Oc1cccc2cc(Br)ccc12. The molecule has 0 fully saturated rings. The number of benzene rings is 2. The largest absolute Gasteiger partial charge is 0.462 e. The normalized spacial score (nSPS) is 13.7. The summed E-state index contributed by atoms with van der Waals surface area (Å²) in [6.45, 7) is 1.70. The Morgan fingerprint density at radius 2 is 2.04 bits per heavy atom. The first-order valence-electron chi connectivity index (χ1n) is 7.52. The average Bonchev–Trinajstić information content (AvgIpc) is 2.54. The molecule has 0 aliphatic heterocycles. The molecule has 0 radical (unpaired) electrons. The molecule has 1 heterocycles. The van der Waals surface area contributed by atoms with Crippen LogP contribution in [-0.2, 0) is 6.42 Å². The summed E-state index contributed by atoms with van der Waals surface area (Å²) in [5.74, 6) is -0.553. The second kappa shape index (κ2) is 6.69. The van der Waals surface area contributed by atoms with Crippen molar-refractivity contribution in [3.63, 3.8) is 0 Å². The molecule has 0 aliphatic rings. The Kier molecular flexibility index (Phi) is 4.64. The van der Waals surface area contributed by atoms with E-state index in [2.05, 4.69) is 20.9 Å². The highest BCUT2D eigenvalue weighted by atomic mass is 79.9. The number of fused-ring (bicyclic) bond motifs is 1. The molecule has 118 valence electrons. The van der Waals surface area contributed by atoms with Gasteiger partial charge in [-0.05, 0) is 47.7 Å². The summed E-state index contributed by atoms with van der Waals surface area (Å²) < 4.78 is 6.92. The van der Waals surface area contributed by atoms with Gasteiger partial charge in [-0.15, -0.1) is 0 Å². The van der Waals surface area contributed by atoms with E-state index in [1.54, 1.807) is 13.1 Å². The lowest BCUT2D eigenvalue weighted by molar-refractivity contribution is -0.125. The van der Waals surface area contributed by atoms with E-state index in [4.69, 9.17) is 4.74 Å². The smallest absolute Gasteiger partial charge is 0.205 e. The molecule has 0 bridgehead atoms. The summed E-state index contributed by atoms with van der Waals surface area (Å²) in [5, 5.41) is 12.6. The van der Waals surface area contributed by atoms with E-state index in [0.717, 1.165) is 20.8 Å². The molecule has 0 saturated carbocycles. The van der Waals surface area contributed by atoms with Crippen molar-refractivity contribution in [1.82, 2.24) is 4.98 Å². The van der Waals surface area contributed by atoms with E-state index in [1.807, 2.05) is 54.7 Å². The molecule has 1 N–H and O–H groups in total. The molecule has 0 spiro atoms. The van der Waals surface area contributed by atoms with E-state index in [9.17, 15) is 5.11 Å². The molecule has 23 heavy (non-hydrogen) atoms. The maximum atomic E-state index is 10.6. The molecule has 0 amide bonds. The highest BCUT2D eigenvalue weighted by Crippen LogP contribution is 2.31. The molecule has 1 atom stereocenters. The molecule has 2 aromatic carbocycles. The number of aryl methyl sites for hydroxylation is 1. The molecule has 3 nitrogen and oxygen atoms in total. The topological polar surface area (TPSA) is 42.4 Å². The van der Waals surface area contributed by atoms with Crippen LogP contribution >= 0.6 is 15.9 Å². The van der Waals surface area contributed by atoms with Crippen molar-refractivity contribution in [2.45, 2.75) is 25.6 Å². The second-order valence-electron chi connectivity index (χ2n) is 5.76. The van der Waals surface area contributed by atoms with Crippen molar-refractivity contribution in [2.75, 3.05) is 0 Å². The van der Waals surface area contributed by atoms with E-state index in [0.29, 0.717) is 18.6 Å². The lowest BCUT2D eigenvalue weighted by atomic mass is 10.1. The van der Waals surface area contributed by atoms with Crippen molar-refractivity contribution >= 4 is 26.7 Å². The number of aromatic nitrogens is 1. The predicted molar refractivity (Wildman–Crippen MR) is 95.5 cm³/mol. The quantitative estimate of drug-likeness (QED) is 0.659. The Hall–Kier alpha value is -1.91. The maximum Gasteiger partial charge on any atom is 0.205 e. The van der Waals surface area contributed by atoms with Gasteiger partial charge in [0.25, 0.3) is 0 Å². The van der Waals surface area contributed by atoms with Crippen LogP contribution in [0.25, 0.3) is 10.8 Å². The van der Waals surface area contributed by atoms with Gasteiger partial charge in [0.15, 0.2) is 0 Å². The fourth-order valence-corrected chi connectivity index (χ4v) is 2.90. The van der Waals surface area contributed by atoms with Crippen LogP contribution in [0.2, 0.25) is 0 Å². The zero-order valence-corrected chi connectivity index (χ0v) is 14.5. The van der Waals surface area contributed by atoms with Crippen LogP contribution in [0.15, 0.2) is 65.4 Å². The van der Waals surface area contributed by atoms with Crippen LogP contribution in [0, 0.1) is 0 Å². The van der Waals surface area contributed by atoms with E-state index in [1.165, 1.54) is 0 Å². The van der Waals surface area contributed by atoms with Crippen LogP contribution in [0.5, 0.6) is 5.75 Å². The van der Waals surface area contributed by atoms with E-state index in [-0.39, 0.29) is 0 Å². The number of ether oxygens (including phenoxy) is 1. The first kappa shape index (κ1) is 16.0. The van der Waals surface area contributed by atoms with Crippen molar-refractivity contribution in [3.8, 4) is 5.75 Å². The van der Waals surface area contributed by atoms with Crippen LogP contribution in [0.1, 0.15) is 18.9 Å². The van der Waals surface area contributed by atoms with Crippen LogP contribution < -0.4 is 4.74 Å². The van der Waals surface area contributed by atoms with E-state index >= 15 is 0 Å². The highest BCUT2D eigenvalue weighted by molar-refractivity contribution is 9.10. The Morgan fingerprint density at radius 1 is 1.17 bits per heavy atom. The predicted octanol–water partition coefficient (Wildman–Crippen LogP) is 4.72. The summed E-state index contributed by atoms with van der Waals surface area (Å²) in [4.78, 5) is 4.09. The third-order valence-electron chi connectivity index (χ3n) is 3.73. The maximum absolute atomic E-state index is 10.6. The molecular weight excluding hydrogens is 354 g/mol. The van der Waals surface area contributed by atoms with Crippen molar-refractivity contribution in [1.29, 1.82) is 0 Å². The molecule has 3 rings (SSSR count). The minimum atomic E-state index is -1.24. The first-order valence-corrected chi connectivity index (χ1v) is 8.31. The summed E-state index contributed by atoms with van der Waals surface area (Å²) in [6, 6.07) is 15.7. The van der Waals surface area contributed by atoms with Crippen LogP contribution in [-0.4, -0.2) is 15.9 Å². The van der Waals surface area contributed by atoms with Gasteiger partial charge >= 0.3 is 0 Å². The Labute approximate surface area is 144 Å². The minimum absolute atomic E-state index is 0.492.